The second-order valence-electron chi connectivity index (χ2n) is 5.37. The van der Waals surface area contributed by atoms with Gasteiger partial charge < -0.3 is 4.98 Å². The summed E-state index contributed by atoms with van der Waals surface area (Å²) in [6.07, 6.45) is 4.07. The minimum atomic E-state index is 0.506. The molecule has 3 rings (SSSR count). The van der Waals surface area contributed by atoms with Gasteiger partial charge in [0, 0.05) is 6.04 Å². The first-order chi connectivity index (χ1) is 8.74. The van der Waals surface area contributed by atoms with Crippen molar-refractivity contribution in [3.63, 3.8) is 0 Å². The number of aromatic amines is 1. The van der Waals surface area contributed by atoms with Gasteiger partial charge in [-0.2, -0.15) is 0 Å². The van der Waals surface area contributed by atoms with Crippen LogP contribution in [0.15, 0.2) is 18.2 Å². The quantitative estimate of drug-likeness (QED) is 0.876. The summed E-state index contributed by atoms with van der Waals surface area (Å²) in [4.78, 5) is 10.4. The molecular weight excluding hydrogens is 222 g/mol. The van der Waals surface area contributed by atoms with Gasteiger partial charge in [0.25, 0.3) is 0 Å². The molecule has 1 saturated heterocycles. The highest BCUT2D eigenvalue weighted by molar-refractivity contribution is 5.75. The summed E-state index contributed by atoms with van der Waals surface area (Å²) in [6.45, 7) is 6.79. The number of H-pyrrole nitrogens is 1. The van der Waals surface area contributed by atoms with Crippen molar-refractivity contribution in [3.8, 4) is 0 Å². The molecular formula is C15H21N3. The van der Waals surface area contributed by atoms with Crippen molar-refractivity contribution < 1.29 is 0 Å². The Morgan fingerprint density at radius 3 is 2.78 bits per heavy atom. The van der Waals surface area contributed by atoms with Gasteiger partial charge in [-0.25, -0.2) is 4.98 Å². The number of fused-ring (bicyclic) bond motifs is 1. The lowest BCUT2D eigenvalue weighted by atomic mass is 10.0. The van der Waals surface area contributed by atoms with E-state index in [0.717, 1.165) is 16.9 Å². The Bertz CT molecular complexity index is 538. The number of aromatic nitrogens is 2. The largest absolute Gasteiger partial charge is 0.342 e. The summed E-state index contributed by atoms with van der Waals surface area (Å²) in [5.74, 6) is 0.993. The number of imidazole rings is 1. The van der Waals surface area contributed by atoms with Gasteiger partial charge in [0.1, 0.15) is 5.82 Å². The molecule has 1 aliphatic rings. The highest BCUT2D eigenvalue weighted by Crippen LogP contribution is 2.26. The molecule has 1 atom stereocenters. The van der Waals surface area contributed by atoms with E-state index in [4.69, 9.17) is 0 Å². The topological polar surface area (TPSA) is 31.9 Å². The van der Waals surface area contributed by atoms with Crippen LogP contribution in [-0.2, 0) is 0 Å². The van der Waals surface area contributed by atoms with Crippen LogP contribution in [-0.4, -0.2) is 28.0 Å². The minimum Gasteiger partial charge on any atom is -0.342 e. The smallest absolute Gasteiger partial charge is 0.104 e. The van der Waals surface area contributed by atoms with Crippen LogP contribution in [0.2, 0.25) is 0 Å². The van der Waals surface area contributed by atoms with Crippen LogP contribution >= 0.6 is 0 Å². The predicted octanol–water partition coefficient (Wildman–Crippen LogP) is 3.42. The zero-order chi connectivity index (χ0) is 12.5. The number of nitrogens with zero attached hydrogens (tertiary/aromatic N) is 2. The van der Waals surface area contributed by atoms with Crippen molar-refractivity contribution in [2.24, 2.45) is 0 Å². The first kappa shape index (κ1) is 11.7. The van der Waals surface area contributed by atoms with E-state index in [-0.39, 0.29) is 0 Å². The van der Waals surface area contributed by atoms with Crippen LogP contribution in [0.3, 0.4) is 0 Å². The Hall–Kier alpha value is -1.35. The molecule has 0 saturated carbocycles. The average Bonchev–Trinajstić information content (AvgIpc) is 2.78. The number of benzene rings is 1. The van der Waals surface area contributed by atoms with E-state index in [1.165, 1.54) is 37.9 Å². The normalized spacial score (nSPS) is 19.2. The summed E-state index contributed by atoms with van der Waals surface area (Å²) in [7, 11) is 0. The molecule has 1 N–H and O–H groups in total. The number of aryl methyl sites for hydroxylation is 1. The highest BCUT2D eigenvalue weighted by Gasteiger charge is 2.18. The molecule has 1 fully saturated rings. The Kier molecular flexibility index (Phi) is 3.08. The number of rotatable bonds is 2. The fourth-order valence-corrected chi connectivity index (χ4v) is 2.93. The van der Waals surface area contributed by atoms with Gasteiger partial charge in [-0.1, -0.05) is 12.5 Å². The van der Waals surface area contributed by atoms with E-state index in [0.29, 0.717) is 6.04 Å². The Morgan fingerprint density at radius 1 is 1.22 bits per heavy atom. The Balaban J connectivity index is 1.88. The third kappa shape index (κ3) is 2.15. The first-order valence-electron chi connectivity index (χ1n) is 6.94. The van der Waals surface area contributed by atoms with E-state index in [2.05, 4.69) is 40.0 Å². The molecule has 96 valence electrons. The number of hydrogen-bond donors (Lipinski definition) is 1. The standard InChI is InChI=1S/C15H21N3/c1-11(18-8-4-3-5-9-18)13-6-7-14-15(10-13)17-12(2)16-14/h6-7,10-11H,3-5,8-9H2,1-2H3,(H,16,17). The molecule has 3 nitrogen and oxygen atoms in total. The van der Waals surface area contributed by atoms with E-state index >= 15 is 0 Å². The van der Waals surface area contributed by atoms with Crippen molar-refractivity contribution >= 4 is 11.0 Å². The van der Waals surface area contributed by atoms with E-state index < -0.39 is 0 Å². The lowest BCUT2D eigenvalue weighted by Crippen LogP contribution is -2.32. The number of piperidine rings is 1. The SMILES string of the molecule is Cc1nc2cc(C(C)N3CCCCC3)ccc2[nH]1. The summed E-state index contributed by atoms with van der Waals surface area (Å²) >= 11 is 0. The average molecular weight is 243 g/mol. The van der Waals surface area contributed by atoms with Gasteiger partial charge in [-0.05, 0) is 57.5 Å². The van der Waals surface area contributed by atoms with Gasteiger partial charge in [-0.15, -0.1) is 0 Å². The number of nitrogens with one attached hydrogen (secondary N) is 1. The number of hydrogen-bond acceptors (Lipinski definition) is 2. The molecule has 1 unspecified atom stereocenters. The third-order valence-corrected chi connectivity index (χ3v) is 4.05. The number of likely N-dealkylation sites (tertiary alicyclic amines) is 1. The van der Waals surface area contributed by atoms with Crippen molar-refractivity contribution in [2.45, 2.75) is 39.2 Å². The van der Waals surface area contributed by atoms with Gasteiger partial charge in [0.05, 0.1) is 11.0 Å². The van der Waals surface area contributed by atoms with E-state index in [9.17, 15) is 0 Å². The van der Waals surface area contributed by atoms with Crippen LogP contribution in [0.1, 0.15) is 43.6 Å². The monoisotopic (exact) mass is 243 g/mol. The van der Waals surface area contributed by atoms with E-state index in [1.54, 1.807) is 0 Å². The van der Waals surface area contributed by atoms with Gasteiger partial charge in [-0.3, -0.25) is 4.90 Å². The molecule has 1 aromatic heterocycles. The van der Waals surface area contributed by atoms with Crippen molar-refractivity contribution in [1.29, 1.82) is 0 Å². The lowest BCUT2D eigenvalue weighted by Gasteiger charge is -2.32. The third-order valence-electron chi connectivity index (χ3n) is 4.05. The Morgan fingerprint density at radius 2 is 2.00 bits per heavy atom. The summed E-state index contributed by atoms with van der Waals surface area (Å²) < 4.78 is 0. The fraction of sp³-hybridized carbons (Fsp3) is 0.533. The second-order valence-corrected chi connectivity index (χ2v) is 5.37. The molecule has 3 heteroatoms. The van der Waals surface area contributed by atoms with Crippen LogP contribution in [0.4, 0.5) is 0 Å². The summed E-state index contributed by atoms with van der Waals surface area (Å²) in [5.41, 5.74) is 3.62. The maximum absolute atomic E-state index is 4.53. The fourth-order valence-electron chi connectivity index (χ4n) is 2.93. The van der Waals surface area contributed by atoms with Gasteiger partial charge in [0.2, 0.25) is 0 Å². The first-order valence-corrected chi connectivity index (χ1v) is 6.94. The van der Waals surface area contributed by atoms with Crippen LogP contribution in [0.25, 0.3) is 11.0 Å². The summed E-state index contributed by atoms with van der Waals surface area (Å²) in [5, 5.41) is 0. The molecule has 0 radical (unpaired) electrons. The van der Waals surface area contributed by atoms with Crippen LogP contribution in [0.5, 0.6) is 0 Å². The molecule has 0 spiro atoms. The van der Waals surface area contributed by atoms with Crippen LogP contribution in [0, 0.1) is 6.92 Å². The predicted molar refractivity (Wildman–Crippen MR) is 74.7 cm³/mol. The van der Waals surface area contributed by atoms with Crippen LogP contribution < -0.4 is 0 Å². The van der Waals surface area contributed by atoms with Gasteiger partial charge >= 0.3 is 0 Å². The molecule has 0 amide bonds. The maximum Gasteiger partial charge on any atom is 0.104 e. The zero-order valence-electron chi connectivity index (χ0n) is 11.2. The molecule has 2 aromatic rings. The molecule has 1 aliphatic heterocycles. The molecule has 2 heterocycles. The second kappa shape index (κ2) is 4.73. The Labute approximate surface area is 108 Å². The van der Waals surface area contributed by atoms with Crippen molar-refractivity contribution in [2.75, 3.05) is 13.1 Å². The molecule has 18 heavy (non-hydrogen) atoms. The molecule has 0 bridgehead atoms. The van der Waals surface area contributed by atoms with Crippen molar-refractivity contribution in [3.05, 3.63) is 29.6 Å². The van der Waals surface area contributed by atoms with Gasteiger partial charge in [0.15, 0.2) is 0 Å². The maximum atomic E-state index is 4.53. The molecule has 1 aromatic carbocycles. The lowest BCUT2D eigenvalue weighted by molar-refractivity contribution is 0.175. The minimum absolute atomic E-state index is 0.506. The van der Waals surface area contributed by atoms with E-state index in [1.807, 2.05) is 6.92 Å². The summed E-state index contributed by atoms with van der Waals surface area (Å²) in [6, 6.07) is 7.13. The highest BCUT2D eigenvalue weighted by atomic mass is 15.2. The zero-order valence-corrected chi connectivity index (χ0v) is 11.2. The van der Waals surface area contributed by atoms with Crippen molar-refractivity contribution in [1.82, 2.24) is 14.9 Å². The molecule has 0 aliphatic carbocycles.